The molecule has 0 aromatic heterocycles. The van der Waals surface area contributed by atoms with Crippen molar-refractivity contribution in [2.45, 2.75) is 45.1 Å². The Kier molecular flexibility index (Phi) is 4.24. The molecule has 0 bridgehead atoms. The van der Waals surface area contributed by atoms with E-state index in [-0.39, 0.29) is 12.0 Å². The van der Waals surface area contributed by atoms with Gasteiger partial charge in [-0.15, -0.1) is 0 Å². The third kappa shape index (κ3) is 3.03. The number of carboxylic acids is 1. The van der Waals surface area contributed by atoms with Crippen LogP contribution in [0.1, 0.15) is 38.2 Å². The van der Waals surface area contributed by atoms with Crippen LogP contribution < -0.4 is 5.32 Å². The molecule has 1 fully saturated rings. The number of unbranched alkanes of at least 4 members (excludes halogenated alkanes) is 1. The van der Waals surface area contributed by atoms with Crippen LogP contribution in [-0.4, -0.2) is 17.1 Å². The van der Waals surface area contributed by atoms with Gasteiger partial charge in [0.2, 0.25) is 0 Å². The van der Waals surface area contributed by atoms with Gasteiger partial charge in [-0.1, -0.05) is 25.5 Å². The molecule has 0 saturated heterocycles. The lowest BCUT2D eigenvalue weighted by atomic mass is 9.79. The number of hydrogen-bond acceptors (Lipinski definition) is 2. The second kappa shape index (κ2) is 5.89. The van der Waals surface area contributed by atoms with Gasteiger partial charge in [0.25, 0.3) is 0 Å². The number of nitrogens with one attached hydrogen (secondary N) is 1. The van der Waals surface area contributed by atoms with Gasteiger partial charge in [0.15, 0.2) is 0 Å². The molecule has 3 nitrogen and oxygen atoms in total. The molecule has 1 saturated carbocycles. The molecule has 1 aliphatic rings. The summed E-state index contributed by atoms with van der Waals surface area (Å²) in [7, 11) is 0. The molecule has 2 unspecified atom stereocenters. The molecule has 0 amide bonds. The van der Waals surface area contributed by atoms with Crippen molar-refractivity contribution in [3.05, 3.63) is 29.8 Å². The van der Waals surface area contributed by atoms with E-state index in [4.69, 9.17) is 5.11 Å². The lowest BCUT2D eigenvalue weighted by Gasteiger charge is -2.34. The van der Waals surface area contributed by atoms with Crippen molar-refractivity contribution in [3.63, 3.8) is 0 Å². The second-order valence-corrected chi connectivity index (χ2v) is 5.07. The van der Waals surface area contributed by atoms with E-state index >= 15 is 0 Å². The first-order chi connectivity index (χ1) is 8.70. The molecule has 0 heterocycles. The summed E-state index contributed by atoms with van der Waals surface area (Å²) in [5, 5.41) is 12.3. The molecular formula is C15H21NO2. The standard InChI is InChI=1S/C15H21NO2/c1-2-3-4-11-5-7-12(8-6-11)16-14-10-9-13(14)15(17)18/h5-8,13-14,16H,2-4,9-10H2,1H3,(H,17,18). The minimum Gasteiger partial charge on any atom is -0.481 e. The maximum absolute atomic E-state index is 10.9. The highest BCUT2D eigenvalue weighted by molar-refractivity contribution is 5.73. The third-order valence-corrected chi connectivity index (χ3v) is 3.72. The topological polar surface area (TPSA) is 49.3 Å². The van der Waals surface area contributed by atoms with Gasteiger partial charge in [0, 0.05) is 11.7 Å². The van der Waals surface area contributed by atoms with Crippen molar-refractivity contribution in [1.29, 1.82) is 0 Å². The average Bonchev–Trinajstić information content (AvgIpc) is 2.32. The van der Waals surface area contributed by atoms with Crippen LogP contribution in [-0.2, 0) is 11.2 Å². The van der Waals surface area contributed by atoms with Gasteiger partial charge >= 0.3 is 5.97 Å². The maximum Gasteiger partial charge on any atom is 0.308 e. The average molecular weight is 247 g/mol. The number of hydrogen-bond donors (Lipinski definition) is 2. The molecule has 2 atom stereocenters. The SMILES string of the molecule is CCCCc1ccc(NC2CCC2C(=O)O)cc1. The van der Waals surface area contributed by atoms with Gasteiger partial charge < -0.3 is 10.4 Å². The number of aryl methyl sites for hydroxylation is 1. The molecule has 2 rings (SSSR count). The van der Waals surface area contributed by atoms with Gasteiger partial charge in [-0.3, -0.25) is 4.79 Å². The molecule has 0 radical (unpaired) electrons. The van der Waals surface area contributed by atoms with Crippen LogP contribution in [0.2, 0.25) is 0 Å². The van der Waals surface area contributed by atoms with Crippen LogP contribution >= 0.6 is 0 Å². The van der Waals surface area contributed by atoms with Gasteiger partial charge in [-0.2, -0.15) is 0 Å². The summed E-state index contributed by atoms with van der Waals surface area (Å²) < 4.78 is 0. The van der Waals surface area contributed by atoms with E-state index in [0.717, 1.165) is 24.9 Å². The first-order valence-electron chi connectivity index (χ1n) is 6.79. The molecule has 98 valence electrons. The number of benzene rings is 1. The Balaban J connectivity index is 1.88. The highest BCUT2D eigenvalue weighted by Crippen LogP contribution is 2.30. The van der Waals surface area contributed by atoms with E-state index < -0.39 is 5.97 Å². The molecule has 1 aromatic carbocycles. The fourth-order valence-corrected chi connectivity index (χ4v) is 2.33. The van der Waals surface area contributed by atoms with Crippen molar-refractivity contribution in [1.82, 2.24) is 0 Å². The van der Waals surface area contributed by atoms with Crippen molar-refractivity contribution in [2.75, 3.05) is 5.32 Å². The van der Waals surface area contributed by atoms with Gasteiger partial charge in [-0.05, 0) is 43.4 Å². The van der Waals surface area contributed by atoms with Gasteiger partial charge in [-0.25, -0.2) is 0 Å². The molecule has 18 heavy (non-hydrogen) atoms. The van der Waals surface area contributed by atoms with E-state index in [9.17, 15) is 4.79 Å². The summed E-state index contributed by atoms with van der Waals surface area (Å²) in [5.74, 6) is -0.900. The molecule has 0 aliphatic heterocycles. The number of aliphatic carboxylic acids is 1. The largest absolute Gasteiger partial charge is 0.481 e. The van der Waals surface area contributed by atoms with E-state index in [2.05, 4.69) is 36.5 Å². The van der Waals surface area contributed by atoms with Crippen molar-refractivity contribution < 1.29 is 9.90 Å². The Morgan fingerprint density at radius 1 is 1.33 bits per heavy atom. The van der Waals surface area contributed by atoms with Gasteiger partial charge in [0.05, 0.1) is 5.92 Å². The molecule has 3 heteroatoms. The van der Waals surface area contributed by atoms with Crippen LogP contribution in [0.25, 0.3) is 0 Å². The Morgan fingerprint density at radius 3 is 2.56 bits per heavy atom. The number of carbonyl (C=O) groups is 1. The Bertz CT molecular complexity index is 399. The normalized spacial score (nSPS) is 22.3. The Morgan fingerprint density at radius 2 is 2.06 bits per heavy atom. The zero-order valence-electron chi connectivity index (χ0n) is 10.9. The van der Waals surface area contributed by atoms with Crippen LogP contribution in [0.3, 0.4) is 0 Å². The first kappa shape index (κ1) is 12.9. The molecule has 0 spiro atoms. The van der Waals surface area contributed by atoms with E-state index in [0.29, 0.717) is 0 Å². The fourth-order valence-electron chi connectivity index (χ4n) is 2.33. The minimum atomic E-state index is -0.682. The van der Waals surface area contributed by atoms with Crippen LogP contribution in [0.15, 0.2) is 24.3 Å². The minimum absolute atomic E-state index is 0.101. The summed E-state index contributed by atoms with van der Waals surface area (Å²) in [4.78, 5) is 10.9. The third-order valence-electron chi connectivity index (χ3n) is 3.72. The number of anilines is 1. The smallest absolute Gasteiger partial charge is 0.308 e. The second-order valence-electron chi connectivity index (χ2n) is 5.07. The summed E-state index contributed by atoms with van der Waals surface area (Å²) in [5.41, 5.74) is 2.39. The lowest BCUT2D eigenvalue weighted by molar-refractivity contribution is -0.144. The zero-order valence-corrected chi connectivity index (χ0v) is 10.9. The number of carboxylic acid groups (broad SMARTS) is 1. The number of rotatable bonds is 6. The van der Waals surface area contributed by atoms with Gasteiger partial charge in [0.1, 0.15) is 0 Å². The van der Waals surface area contributed by atoms with Crippen LogP contribution in [0.4, 0.5) is 5.69 Å². The molecule has 1 aromatic rings. The van der Waals surface area contributed by atoms with Crippen molar-refractivity contribution in [3.8, 4) is 0 Å². The quantitative estimate of drug-likeness (QED) is 0.811. The van der Waals surface area contributed by atoms with E-state index in [1.54, 1.807) is 0 Å². The van der Waals surface area contributed by atoms with Crippen molar-refractivity contribution >= 4 is 11.7 Å². The maximum atomic E-state index is 10.9. The lowest BCUT2D eigenvalue weighted by Crippen LogP contribution is -2.42. The molecule has 2 N–H and O–H groups in total. The fraction of sp³-hybridized carbons (Fsp3) is 0.533. The Labute approximate surface area is 108 Å². The summed E-state index contributed by atoms with van der Waals surface area (Å²) in [6.45, 7) is 2.19. The predicted octanol–water partition coefficient (Wildman–Crippen LogP) is 3.30. The summed E-state index contributed by atoms with van der Waals surface area (Å²) in [6.07, 6.45) is 5.30. The van der Waals surface area contributed by atoms with E-state index in [1.165, 1.54) is 18.4 Å². The first-order valence-corrected chi connectivity index (χ1v) is 6.79. The molecular weight excluding hydrogens is 226 g/mol. The highest BCUT2D eigenvalue weighted by Gasteiger charge is 2.36. The highest BCUT2D eigenvalue weighted by atomic mass is 16.4. The molecule has 1 aliphatic carbocycles. The summed E-state index contributed by atoms with van der Waals surface area (Å²) in [6, 6.07) is 8.48. The van der Waals surface area contributed by atoms with Crippen molar-refractivity contribution in [2.24, 2.45) is 5.92 Å². The van der Waals surface area contributed by atoms with E-state index in [1.807, 2.05) is 0 Å². The monoisotopic (exact) mass is 247 g/mol. The predicted molar refractivity (Wildman–Crippen MR) is 72.8 cm³/mol. The Hall–Kier alpha value is -1.51. The zero-order chi connectivity index (χ0) is 13.0. The van der Waals surface area contributed by atoms with Crippen LogP contribution in [0.5, 0.6) is 0 Å². The summed E-state index contributed by atoms with van der Waals surface area (Å²) >= 11 is 0. The van der Waals surface area contributed by atoms with Crippen LogP contribution in [0, 0.1) is 5.92 Å².